The van der Waals surface area contributed by atoms with Gasteiger partial charge in [0.05, 0.1) is 16.5 Å². The lowest BCUT2D eigenvalue weighted by atomic mass is 9.77. The van der Waals surface area contributed by atoms with Crippen molar-refractivity contribution in [3.63, 3.8) is 0 Å². The number of aromatic nitrogens is 2. The standard InChI is InChI=1S/C35H29N3O3/c1-25(2)41-31-21-18-26(19-22-31)34-32-24-30(38(39)40)20-23-33(32)37(36-34)35(27-12-6-3-7-13-27,28-14-8-4-9-15-28)29-16-10-5-11-17-29/h3-25H,1-2H3. The quantitative estimate of drug-likeness (QED) is 0.111. The second-order valence-electron chi connectivity index (χ2n) is 10.2. The second kappa shape index (κ2) is 10.7. The summed E-state index contributed by atoms with van der Waals surface area (Å²) in [7, 11) is 0. The minimum Gasteiger partial charge on any atom is -0.491 e. The molecule has 0 spiro atoms. The van der Waals surface area contributed by atoms with Crippen LogP contribution in [0.25, 0.3) is 22.2 Å². The van der Waals surface area contributed by atoms with Gasteiger partial charge in [-0.25, -0.2) is 4.68 Å². The van der Waals surface area contributed by atoms with Crippen LogP contribution in [0.1, 0.15) is 30.5 Å². The monoisotopic (exact) mass is 539 g/mol. The molecule has 0 amide bonds. The normalized spacial score (nSPS) is 11.6. The van der Waals surface area contributed by atoms with Crippen molar-refractivity contribution in [3.8, 4) is 17.0 Å². The molecular weight excluding hydrogens is 510 g/mol. The molecule has 0 saturated heterocycles. The van der Waals surface area contributed by atoms with Gasteiger partial charge in [-0.2, -0.15) is 5.10 Å². The molecule has 0 fully saturated rings. The first-order chi connectivity index (χ1) is 20.0. The van der Waals surface area contributed by atoms with Crippen molar-refractivity contribution in [2.75, 3.05) is 0 Å². The molecule has 0 unspecified atom stereocenters. The third-order valence-electron chi connectivity index (χ3n) is 7.27. The van der Waals surface area contributed by atoms with Gasteiger partial charge in [0.15, 0.2) is 0 Å². The molecule has 0 radical (unpaired) electrons. The Morgan fingerprint density at radius 3 is 1.71 bits per heavy atom. The molecule has 202 valence electrons. The molecular formula is C35H29N3O3. The Kier molecular flexibility index (Phi) is 6.81. The summed E-state index contributed by atoms with van der Waals surface area (Å²) < 4.78 is 7.89. The zero-order valence-corrected chi connectivity index (χ0v) is 22.8. The number of benzene rings is 5. The highest BCUT2D eigenvalue weighted by Gasteiger charge is 2.41. The first kappa shape index (κ1) is 26.0. The lowest BCUT2D eigenvalue weighted by Crippen LogP contribution is -2.38. The van der Waals surface area contributed by atoms with E-state index in [1.54, 1.807) is 12.1 Å². The van der Waals surface area contributed by atoms with E-state index in [0.717, 1.165) is 33.5 Å². The Balaban J connectivity index is 1.72. The average molecular weight is 540 g/mol. The Morgan fingerprint density at radius 1 is 0.732 bits per heavy atom. The van der Waals surface area contributed by atoms with E-state index in [-0.39, 0.29) is 16.7 Å². The van der Waals surface area contributed by atoms with Crippen LogP contribution in [0.15, 0.2) is 133 Å². The number of ether oxygens (including phenoxy) is 1. The van der Waals surface area contributed by atoms with Crippen LogP contribution < -0.4 is 4.74 Å². The number of fused-ring (bicyclic) bond motifs is 1. The van der Waals surface area contributed by atoms with Crippen molar-refractivity contribution in [1.82, 2.24) is 9.78 Å². The zero-order chi connectivity index (χ0) is 28.4. The molecule has 41 heavy (non-hydrogen) atoms. The highest BCUT2D eigenvalue weighted by molar-refractivity contribution is 5.95. The Morgan fingerprint density at radius 2 is 1.24 bits per heavy atom. The molecule has 0 N–H and O–H groups in total. The predicted molar refractivity (Wildman–Crippen MR) is 162 cm³/mol. The van der Waals surface area contributed by atoms with E-state index in [9.17, 15) is 10.1 Å². The van der Waals surface area contributed by atoms with Crippen molar-refractivity contribution >= 4 is 16.6 Å². The van der Waals surface area contributed by atoms with E-state index in [2.05, 4.69) is 36.4 Å². The van der Waals surface area contributed by atoms with E-state index < -0.39 is 5.54 Å². The zero-order valence-electron chi connectivity index (χ0n) is 22.8. The van der Waals surface area contributed by atoms with Crippen LogP contribution in [0.4, 0.5) is 5.69 Å². The summed E-state index contributed by atoms with van der Waals surface area (Å²) >= 11 is 0. The maximum absolute atomic E-state index is 11.9. The lowest BCUT2D eigenvalue weighted by Gasteiger charge is -2.37. The van der Waals surface area contributed by atoms with Gasteiger partial charge in [-0.15, -0.1) is 0 Å². The van der Waals surface area contributed by atoms with Gasteiger partial charge in [0, 0.05) is 23.1 Å². The molecule has 0 atom stereocenters. The van der Waals surface area contributed by atoms with E-state index in [0.29, 0.717) is 11.1 Å². The van der Waals surface area contributed by atoms with Crippen LogP contribution in [0.2, 0.25) is 0 Å². The fourth-order valence-electron chi connectivity index (χ4n) is 5.56. The minimum absolute atomic E-state index is 0.0165. The van der Waals surface area contributed by atoms with Crippen molar-refractivity contribution in [2.45, 2.75) is 25.5 Å². The highest BCUT2D eigenvalue weighted by atomic mass is 16.6. The number of hydrogen-bond acceptors (Lipinski definition) is 4. The van der Waals surface area contributed by atoms with E-state index in [1.165, 1.54) is 0 Å². The topological polar surface area (TPSA) is 70.2 Å². The molecule has 6 nitrogen and oxygen atoms in total. The first-order valence-corrected chi connectivity index (χ1v) is 13.6. The molecule has 1 heterocycles. The number of hydrogen-bond donors (Lipinski definition) is 0. The fraction of sp³-hybridized carbons (Fsp3) is 0.114. The SMILES string of the molecule is CC(C)Oc1ccc(-c2nn(C(c3ccccc3)(c3ccccc3)c3ccccc3)c3ccc([N+](=O)[O-])cc23)cc1. The average Bonchev–Trinajstić information content (AvgIpc) is 3.38. The predicted octanol–water partition coefficient (Wildman–Crippen LogP) is 8.24. The smallest absolute Gasteiger partial charge is 0.270 e. The molecule has 6 heteroatoms. The van der Waals surface area contributed by atoms with E-state index >= 15 is 0 Å². The molecule has 0 aliphatic rings. The van der Waals surface area contributed by atoms with Gasteiger partial charge in [-0.05, 0) is 60.9 Å². The summed E-state index contributed by atoms with van der Waals surface area (Å²) in [5.74, 6) is 0.755. The van der Waals surface area contributed by atoms with Gasteiger partial charge >= 0.3 is 0 Å². The Labute approximate surface area is 238 Å². The third kappa shape index (κ3) is 4.63. The highest BCUT2D eigenvalue weighted by Crippen LogP contribution is 2.44. The number of rotatable bonds is 8. The molecule has 6 rings (SSSR count). The molecule has 0 aliphatic carbocycles. The van der Waals surface area contributed by atoms with Gasteiger partial charge in [0.25, 0.3) is 5.69 Å². The number of nitro benzene ring substituents is 1. The molecule has 5 aromatic carbocycles. The summed E-state index contributed by atoms with van der Waals surface area (Å²) in [6, 6.07) is 43.5. The maximum Gasteiger partial charge on any atom is 0.270 e. The van der Waals surface area contributed by atoms with Crippen LogP contribution in [0, 0.1) is 10.1 Å². The van der Waals surface area contributed by atoms with Crippen LogP contribution >= 0.6 is 0 Å². The number of nitrogens with zero attached hydrogens (tertiary/aromatic N) is 3. The fourth-order valence-corrected chi connectivity index (χ4v) is 5.56. The summed E-state index contributed by atoms with van der Waals surface area (Å²) in [5.41, 5.74) is 4.50. The van der Waals surface area contributed by atoms with Crippen molar-refractivity contribution in [2.24, 2.45) is 0 Å². The summed E-state index contributed by atoms with van der Waals surface area (Å²) in [4.78, 5) is 11.5. The third-order valence-corrected chi connectivity index (χ3v) is 7.27. The van der Waals surface area contributed by atoms with Gasteiger partial charge in [-0.3, -0.25) is 10.1 Å². The van der Waals surface area contributed by atoms with E-state index in [1.807, 2.05) is 103 Å². The van der Waals surface area contributed by atoms with Crippen LogP contribution in [0.5, 0.6) is 5.75 Å². The Hall–Kier alpha value is -5.23. The molecule has 6 aromatic rings. The van der Waals surface area contributed by atoms with Crippen molar-refractivity contribution in [3.05, 3.63) is 160 Å². The van der Waals surface area contributed by atoms with Crippen LogP contribution in [0.3, 0.4) is 0 Å². The van der Waals surface area contributed by atoms with E-state index in [4.69, 9.17) is 9.84 Å². The second-order valence-corrected chi connectivity index (χ2v) is 10.2. The van der Waals surface area contributed by atoms with Gasteiger partial charge in [0.1, 0.15) is 17.0 Å². The first-order valence-electron chi connectivity index (χ1n) is 13.6. The van der Waals surface area contributed by atoms with Crippen molar-refractivity contribution in [1.29, 1.82) is 0 Å². The van der Waals surface area contributed by atoms with Gasteiger partial charge in [0.2, 0.25) is 0 Å². The number of nitro groups is 1. The lowest BCUT2D eigenvalue weighted by molar-refractivity contribution is -0.384. The Bertz CT molecular complexity index is 1700. The van der Waals surface area contributed by atoms with Crippen LogP contribution in [-0.4, -0.2) is 20.8 Å². The molecule has 1 aromatic heterocycles. The van der Waals surface area contributed by atoms with Crippen LogP contribution in [-0.2, 0) is 5.54 Å². The molecule has 0 saturated carbocycles. The molecule has 0 bridgehead atoms. The van der Waals surface area contributed by atoms with Gasteiger partial charge < -0.3 is 4.74 Å². The minimum atomic E-state index is -0.864. The summed E-state index contributed by atoms with van der Waals surface area (Å²) in [6.45, 7) is 3.97. The van der Waals surface area contributed by atoms with Crippen molar-refractivity contribution < 1.29 is 9.66 Å². The summed E-state index contributed by atoms with van der Waals surface area (Å²) in [5, 5.41) is 17.9. The van der Waals surface area contributed by atoms with Gasteiger partial charge in [-0.1, -0.05) is 91.0 Å². The largest absolute Gasteiger partial charge is 0.491 e. The summed E-state index contributed by atoms with van der Waals surface area (Å²) in [6.07, 6.45) is 0.0479. The maximum atomic E-state index is 11.9. The number of non-ortho nitro benzene ring substituents is 1. The molecule has 0 aliphatic heterocycles.